The molecule has 0 saturated heterocycles. The van der Waals surface area contributed by atoms with Gasteiger partial charge in [-0.05, 0) is 108 Å². The van der Waals surface area contributed by atoms with E-state index < -0.39 is 5.24 Å². The summed E-state index contributed by atoms with van der Waals surface area (Å²) in [7, 11) is 0. The first kappa shape index (κ1) is 43.0. The van der Waals surface area contributed by atoms with Crippen LogP contribution >= 0.6 is 11.6 Å². The largest absolute Gasteiger partial charge is 0.398 e. The van der Waals surface area contributed by atoms with E-state index in [4.69, 9.17) is 17.3 Å². The van der Waals surface area contributed by atoms with Crippen molar-refractivity contribution < 1.29 is 9.59 Å². The second-order valence-electron chi connectivity index (χ2n) is 13.9. The molecule has 0 saturated carbocycles. The molecule has 0 unspecified atom stereocenters. The molecule has 6 rings (SSSR count). The van der Waals surface area contributed by atoms with Crippen LogP contribution in [0.1, 0.15) is 101 Å². The minimum Gasteiger partial charge on any atom is -0.398 e. The number of nitrogen functional groups attached to an aromatic ring is 1. The van der Waals surface area contributed by atoms with E-state index >= 15 is 0 Å². The number of amides is 1. The zero-order valence-electron chi connectivity index (χ0n) is 32.1. The number of benzene rings is 6. The molecule has 0 aliphatic heterocycles. The zero-order valence-corrected chi connectivity index (χ0v) is 32.9. The number of nitrogens with one attached hydrogen (secondary N) is 1. The number of carbonyl (C=O) groups excluding carboxylic acids is 2. The maximum atomic E-state index is 12.8. The molecule has 0 radical (unpaired) electrons. The van der Waals surface area contributed by atoms with Crippen LogP contribution < -0.4 is 11.1 Å². The number of hydrogen-bond donors (Lipinski definition) is 2. The van der Waals surface area contributed by atoms with Crippen molar-refractivity contribution in [3.8, 4) is 22.3 Å². The van der Waals surface area contributed by atoms with E-state index in [1.54, 1.807) is 24.3 Å². The number of para-hydroxylation sites is 2. The Balaban J connectivity index is 0.000000242. The van der Waals surface area contributed by atoms with Crippen molar-refractivity contribution >= 4 is 34.1 Å². The molecule has 4 nitrogen and oxygen atoms in total. The van der Waals surface area contributed by atoms with Crippen LogP contribution in [0.3, 0.4) is 0 Å². The smallest absolute Gasteiger partial charge is 0.255 e. The molecule has 6 aromatic carbocycles. The molecular weight excluding hydrogens is 684 g/mol. The minimum atomic E-state index is -0.407. The first-order chi connectivity index (χ1) is 25.3. The molecule has 6 aromatic rings. The molecule has 54 heavy (non-hydrogen) atoms. The van der Waals surface area contributed by atoms with Crippen molar-refractivity contribution in [3.05, 3.63) is 178 Å². The topological polar surface area (TPSA) is 72.2 Å². The van der Waals surface area contributed by atoms with E-state index in [-0.39, 0.29) is 13.3 Å². The summed E-state index contributed by atoms with van der Waals surface area (Å²) in [5, 5.41) is 2.78. The van der Waals surface area contributed by atoms with Crippen LogP contribution in [0.2, 0.25) is 0 Å². The first-order valence-corrected chi connectivity index (χ1v) is 18.4. The molecule has 280 valence electrons. The number of rotatable bonds is 7. The standard InChI is InChI=1S/C24H25NO.C17H21N.C7H5ClO.CH4/c1-16(2)20-14-9-15-21(22-17(3)10-8-11-18(22)4)23(20)25-24(26)19-12-6-5-7-13-19;1-11(2)14-9-6-10-15(17(14)18)16-12(3)7-5-8-13(16)4;8-7(9)6-4-2-1-3-5-6;/h5-16H,1-4H3,(H,25,26);5-11H,18H2,1-4H3;1-5H;1H4. The highest BCUT2D eigenvalue weighted by molar-refractivity contribution is 6.67. The van der Waals surface area contributed by atoms with E-state index in [1.807, 2.05) is 36.4 Å². The van der Waals surface area contributed by atoms with Gasteiger partial charge in [-0.25, -0.2) is 0 Å². The van der Waals surface area contributed by atoms with Crippen LogP contribution in [0.4, 0.5) is 11.4 Å². The van der Waals surface area contributed by atoms with Crippen LogP contribution in [-0.2, 0) is 0 Å². The van der Waals surface area contributed by atoms with Crippen LogP contribution in [0.25, 0.3) is 22.3 Å². The Morgan fingerprint density at radius 3 is 1.33 bits per heavy atom. The first-order valence-electron chi connectivity index (χ1n) is 18.1. The molecule has 0 atom stereocenters. The Bertz CT molecular complexity index is 2110. The Kier molecular flexibility index (Phi) is 16.0. The summed E-state index contributed by atoms with van der Waals surface area (Å²) in [6, 6.07) is 43.4. The molecule has 3 N–H and O–H groups in total. The molecular formula is C49H55ClN2O2. The predicted octanol–water partition coefficient (Wildman–Crippen LogP) is 13.7. The molecule has 5 heteroatoms. The summed E-state index contributed by atoms with van der Waals surface area (Å²) in [6.45, 7) is 17.2. The van der Waals surface area contributed by atoms with Gasteiger partial charge in [-0.1, -0.05) is 156 Å². The van der Waals surface area contributed by atoms with Gasteiger partial charge >= 0.3 is 0 Å². The maximum Gasteiger partial charge on any atom is 0.255 e. The Hall–Kier alpha value is -5.45. The van der Waals surface area contributed by atoms with Crippen LogP contribution in [0.5, 0.6) is 0 Å². The number of nitrogens with two attached hydrogens (primary N) is 1. The van der Waals surface area contributed by atoms with Gasteiger partial charge in [-0.2, -0.15) is 0 Å². The molecule has 1 amide bonds. The maximum absolute atomic E-state index is 12.8. The van der Waals surface area contributed by atoms with E-state index in [2.05, 4.69) is 134 Å². The van der Waals surface area contributed by atoms with Gasteiger partial charge in [0.25, 0.3) is 11.1 Å². The number of anilines is 2. The lowest BCUT2D eigenvalue weighted by molar-refractivity contribution is 0.102. The van der Waals surface area contributed by atoms with Crippen molar-refractivity contribution in [1.29, 1.82) is 0 Å². The summed E-state index contributed by atoms with van der Waals surface area (Å²) in [6.07, 6.45) is 0. The Labute approximate surface area is 328 Å². The monoisotopic (exact) mass is 738 g/mol. The number of aryl methyl sites for hydroxylation is 4. The molecule has 0 aliphatic carbocycles. The summed E-state index contributed by atoms with van der Waals surface area (Å²) in [5.41, 5.74) is 21.5. The van der Waals surface area contributed by atoms with Crippen molar-refractivity contribution in [2.75, 3.05) is 11.1 Å². The van der Waals surface area contributed by atoms with E-state index in [9.17, 15) is 9.59 Å². The van der Waals surface area contributed by atoms with E-state index in [0.29, 0.717) is 23.0 Å². The average molecular weight is 739 g/mol. The molecule has 0 fully saturated rings. The van der Waals surface area contributed by atoms with Crippen molar-refractivity contribution in [2.45, 2.75) is 74.7 Å². The summed E-state index contributed by atoms with van der Waals surface area (Å²) in [4.78, 5) is 23.2. The summed E-state index contributed by atoms with van der Waals surface area (Å²) < 4.78 is 0. The minimum absolute atomic E-state index is 0. The summed E-state index contributed by atoms with van der Waals surface area (Å²) >= 11 is 5.16. The highest BCUT2D eigenvalue weighted by Gasteiger charge is 2.18. The van der Waals surface area contributed by atoms with Gasteiger partial charge in [0.15, 0.2) is 0 Å². The van der Waals surface area contributed by atoms with Crippen molar-refractivity contribution in [2.24, 2.45) is 0 Å². The fourth-order valence-corrected chi connectivity index (χ4v) is 6.65. The Morgan fingerprint density at radius 1 is 0.519 bits per heavy atom. The van der Waals surface area contributed by atoms with E-state index in [0.717, 1.165) is 28.1 Å². The third-order valence-electron chi connectivity index (χ3n) is 9.26. The average Bonchev–Trinajstić information content (AvgIpc) is 3.13. The zero-order chi connectivity index (χ0) is 38.7. The Morgan fingerprint density at radius 2 is 0.907 bits per heavy atom. The second-order valence-corrected chi connectivity index (χ2v) is 14.2. The predicted molar refractivity (Wildman–Crippen MR) is 233 cm³/mol. The molecule has 0 bridgehead atoms. The van der Waals surface area contributed by atoms with Crippen LogP contribution in [0, 0.1) is 27.7 Å². The highest BCUT2D eigenvalue weighted by atomic mass is 35.5. The third kappa shape index (κ3) is 10.8. The molecule has 0 spiro atoms. The number of hydrogen-bond acceptors (Lipinski definition) is 3. The fourth-order valence-electron chi connectivity index (χ4n) is 6.53. The van der Waals surface area contributed by atoms with Crippen molar-refractivity contribution in [3.63, 3.8) is 0 Å². The number of carbonyl (C=O) groups is 2. The second kappa shape index (κ2) is 20.1. The molecule has 0 aliphatic rings. The van der Waals surface area contributed by atoms with E-state index in [1.165, 1.54) is 38.9 Å². The van der Waals surface area contributed by atoms with Gasteiger partial charge in [0, 0.05) is 27.9 Å². The van der Waals surface area contributed by atoms with Gasteiger partial charge in [0.2, 0.25) is 0 Å². The molecule has 0 heterocycles. The van der Waals surface area contributed by atoms with Gasteiger partial charge < -0.3 is 11.1 Å². The van der Waals surface area contributed by atoms with Gasteiger partial charge in [0.05, 0.1) is 5.69 Å². The lowest BCUT2D eigenvalue weighted by atomic mass is 9.90. The fraction of sp³-hybridized carbons (Fsp3) is 0.224. The van der Waals surface area contributed by atoms with Gasteiger partial charge in [-0.15, -0.1) is 0 Å². The molecule has 0 aromatic heterocycles. The number of halogens is 1. The SMILES string of the molecule is C.Cc1cccc(C)c1-c1cccc(C(C)C)c1N.Cc1cccc(C)c1-c1cccc(C(C)C)c1NC(=O)c1ccccc1.O=C(Cl)c1ccccc1. The van der Waals surface area contributed by atoms with Crippen LogP contribution in [0.15, 0.2) is 133 Å². The normalized spacial score (nSPS) is 10.4. The van der Waals surface area contributed by atoms with Gasteiger partial charge in [0.1, 0.15) is 0 Å². The van der Waals surface area contributed by atoms with Gasteiger partial charge in [-0.3, -0.25) is 9.59 Å². The van der Waals surface area contributed by atoms with Crippen LogP contribution in [-0.4, -0.2) is 11.1 Å². The highest BCUT2D eigenvalue weighted by Crippen LogP contribution is 2.39. The lowest BCUT2D eigenvalue weighted by Crippen LogP contribution is -2.15. The lowest BCUT2D eigenvalue weighted by Gasteiger charge is -2.20. The quantitative estimate of drug-likeness (QED) is 0.126. The van der Waals surface area contributed by atoms with Crippen molar-refractivity contribution in [1.82, 2.24) is 0 Å². The third-order valence-corrected chi connectivity index (χ3v) is 9.47. The summed E-state index contributed by atoms with van der Waals surface area (Å²) in [5.74, 6) is 0.686.